The van der Waals surface area contributed by atoms with Gasteiger partial charge in [0.1, 0.15) is 0 Å². The molecule has 1 aliphatic heterocycles. The van der Waals surface area contributed by atoms with E-state index in [1.165, 1.54) is 16.4 Å². The number of alkyl halides is 3. The minimum absolute atomic E-state index is 0.0414. The Morgan fingerprint density at radius 3 is 2.38 bits per heavy atom. The van der Waals surface area contributed by atoms with E-state index in [4.69, 9.17) is 0 Å². The molecule has 0 spiro atoms. The van der Waals surface area contributed by atoms with Gasteiger partial charge in [-0.05, 0) is 61.6 Å². The van der Waals surface area contributed by atoms with Crippen molar-refractivity contribution in [2.75, 3.05) is 6.54 Å². The first-order chi connectivity index (χ1) is 15.1. The molecule has 170 valence electrons. The van der Waals surface area contributed by atoms with Gasteiger partial charge in [-0.25, -0.2) is 8.42 Å². The average molecular weight is 465 g/mol. The van der Waals surface area contributed by atoms with Crippen molar-refractivity contribution in [3.8, 4) is 0 Å². The Kier molecular flexibility index (Phi) is 5.89. The van der Waals surface area contributed by atoms with E-state index in [1.54, 1.807) is 30.3 Å². The van der Waals surface area contributed by atoms with Crippen molar-refractivity contribution in [2.24, 2.45) is 0 Å². The lowest BCUT2D eigenvalue weighted by Gasteiger charge is -2.32. The van der Waals surface area contributed by atoms with Crippen LogP contribution in [-0.2, 0) is 22.6 Å². The predicted octanol–water partition coefficient (Wildman–Crippen LogP) is 4.70. The fraction of sp³-hybridized carbons (Fsp3) is 0.348. The quantitative estimate of drug-likeness (QED) is 0.609. The Morgan fingerprint density at radius 2 is 1.72 bits per heavy atom. The Labute approximate surface area is 183 Å². The minimum atomic E-state index is -4.65. The molecule has 0 saturated carbocycles. The minimum Gasteiger partial charge on any atom is -0.322 e. The Bertz CT molecular complexity index is 1300. The molecule has 1 N–H and O–H groups in total. The lowest BCUT2D eigenvalue weighted by Crippen LogP contribution is -2.41. The van der Waals surface area contributed by atoms with E-state index in [9.17, 15) is 26.4 Å². The first kappa shape index (κ1) is 22.5. The summed E-state index contributed by atoms with van der Waals surface area (Å²) in [6.45, 7) is 2.42. The third-order valence-electron chi connectivity index (χ3n) is 5.89. The molecule has 1 aliphatic rings. The summed E-state index contributed by atoms with van der Waals surface area (Å²) in [6, 6.07) is 11.5. The molecule has 3 aromatic rings. The topological polar surface area (TPSA) is 70.2 Å². The molecule has 1 aromatic heterocycles. The maximum atomic E-state index is 13.4. The molecule has 0 amide bonds. The standard InChI is InChI=1S/C23H23F3N2O3S/c1-15-4-2-3-11-28(15)32(30,31)18-8-5-16(6-9-18)12-17-7-10-21-19(13-17)20(23(24,25)26)14-22(29)27-21/h5-10,13-15H,2-4,11-12H2,1H3,(H,27,29). The van der Waals surface area contributed by atoms with Gasteiger partial charge >= 0.3 is 6.18 Å². The van der Waals surface area contributed by atoms with Gasteiger partial charge in [0.15, 0.2) is 0 Å². The number of halogens is 3. The van der Waals surface area contributed by atoms with Crippen LogP contribution in [0.2, 0.25) is 0 Å². The molecule has 1 atom stereocenters. The van der Waals surface area contributed by atoms with E-state index in [-0.39, 0.29) is 21.8 Å². The van der Waals surface area contributed by atoms with Gasteiger partial charge < -0.3 is 4.98 Å². The molecule has 0 aliphatic carbocycles. The van der Waals surface area contributed by atoms with Crippen molar-refractivity contribution in [2.45, 2.75) is 49.7 Å². The van der Waals surface area contributed by atoms with E-state index in [0.29, 0.717) is 24.6 Å². The van der Waals surface area contributed by atoms with Crippen molar-refractivity contribution in [3.63, 3.8) is 0 Å². The van der Waals surface area contributed by atoms with Crippen LogP contribution >= 0.6 is 0 Å². The number of aromatic amines is 1. The lowest BCUT2D eigenvalue weighted by molar-refractivity contribution is -0.136. The van der Waals surface area contributed by atoms with Gasteiger partial charge in [-0.3, -0.25) is 4.79 Å². The van der Waals surface area contributed by atoms with Gasteiger partial charge in [-0.1, -0.05) is 24.6 Å². The summed E-state index contributed by atoms with van der Waals surface area (Å²) < 4.78 is 67.6. The monoisotopic (exact) mass is 464 g/mol. The third kappa shape index (κ3) is 4.45. The highest BCUT2D eigenvalue weighted by atomic mass is 32.2. The molecule has 5 nitrogen and oxygen atoms in total. The summed E-state index contributed by atoms with van der Waals surface area (Å²) in [6.07, 6.45) is -1.62. The summed E-state index contributed by atoms with van der Waals surface area (Å²) in [4.78, 5) is 14.2. The molecule has 1 fully saturated rings. The second-order valence-corrected chi connectivity index (χ2v) is 10.1. The summed E-state index contributed by atoms with van der Waals surface area (Å²) >= 11 is 0. The summed E-state index contributed by atoms with van der Waals surface area (Å²) in [5.74, 6) is 0. The number of rotatable bonds is 4. The van der Waals surface area contributed by atoms with Crippen LogP contribution in [0.15, 0.2) is 58.2 Å². The number of benzene rings is 2. The number of hydrogen-bond donors (Lipinski definition) is 1. The van der Waals surface area contributed by atoms with Crippen LogP contribution in [0.25, 0.3) is 10.9 Å². The fourth-order valence-corrected chi connectivity index (χ4v) is 5.92. The van der Waals surface area contributed by atoms with Crippen LogP contribution in [-0.4, -0.2) is 30.3 Å². The van der Waals surface area contributed by atoms with Gasteiger partial charge in [0, 0.05) is 29.6 Å². The van der Waals surface area contributed by atoms with Crippen molar-refractivity contribution < 1.29 is 21.6 Å². The molecule has 9 heteroatoms. The highest BCUT2D eigenvalue weighted by molar-refractivity contribution is 7.89. The Morgan fingerprint density at radius 1 is 1.03 bits per heavy atom. The Balaban J connectivity index is 1.61. The Hall–Kier alpha value is -2.65. The van der Waals surface area contributed by atoms with Gasteiger partial charge in [-0.15, -0.1) is 0 Å². The zero-order valence-electron chi connectivity index (χ0n) is 17.4. The molecular weight excluding hydrogens is 441 g/mol. The lowest BCUT2D eigenvalue weighted by atomic mass is 10.0. The molecule has 32 heavy (non-hydrogen) atoms. The number of piperidine rings is 1. The third-order valence-corrected chi connectivity index (χ3v) is 7.92. The van der Waals surface area contributed by atoms with Gasteiger partial charge in [0.05, 0.1) is 10.5 Å². The molecule has 2 aromatic carbocycles. The second kappa shape index (κ2) is 8.37. The summed E-state index contributed by atoms with van der Waals surface area (Å²) in [7, 11) is -3.58. The smallest absolute Gasteiger partial charge is 0.322 e. The first-order valence-electron chi connectivity index (χ1n) is 10.4. The average Bonchev–Trinajstić information content (AvgIpc) is 2.73. The number of nitrogens with zero attached hydrogens (tertiary/aromatic N) is 1. The highest BCUT2D eigenvalue weighted by Gasteiger charge is 2.33. The van der Waals surface area contributed by atoms with Gasteiger partial charge in [0.2, 0.25) is 15.6 Å². The van der Waals surface area contributed by atoms with E-state index in [2.05, 4.69) is 4.98 Å². The molecule has 1 unspecified atom stereocenters. The number of nitrogens with one attached hydrogen (secondary N) is 1. The second-order valence-electron chi connectivity index (χ2n) is 8.21. The summed E-state index contributed by atoms with van der Waals surface area (Å²) in [5, 5.41) is -0.0760. The maximum Gasteiger partial charge on any atom is 0.417 e. The van der Waals surface area contributed by atoms with Crippen LogP contribution in [0.3, 0.4) is 0 Å². The maximum absolute atomic E-state index is 13.4. The van der Waals surface area contributed by atoms with E-state index in [0.717, 1.165) is 24.8 Å². The SMILES string of the molecule is CC1CCCCN1S(=O)(=O)c1ccc(Cc2ccc3[nH]c(=O)cc(C(F)(F)F)c3c2)cc1. The van der Waals surface area contributed by atoms with E-state index in [1.807, 2.05) is 6.92 Å². The number of aromatic nitrogens is 1. The van der Waals surface area contributed by atoms with Crippen LogP contribution in [0, 0.1) is 0 Å². The number of hydrogen-bond acceptors (Lipinski definition) is 3. The van der Waals surface area contributed by atoms with Crippen LogP contribution in [0.4, 0.5) is 13.2 Å². The van der Waals surface area contributed by atoms with Crippen molar-refractivity contribution in [1.82, 2.24) is 9.29 Å². The molecule has 4 rings (SSSR count). The molecule has 0 radical (unpaired) electrons. The molecule has 1 saturated heterocycles. The molecule has 0 bridgehead atoms. The number of fused-ring (bicyclic) bond motifs is 1. The zero-order chi connectivity index (χ0) is 23.1. The molecular formula is C23H23F3N2O3S. The molecule has 2 heterocycles. The van der Waals surface area contributed by atoms with Crippen molar-refractivity contribution in [1.29, 1.82) is 0 Å². The zero-order valence-corrected chi connectivity index (χ0v) is 18.3. The number of sulfonamides is 1. The van der Waals surface area contributed by atoms with Crippen LogP contribution < -0.4 is 5.56 Å². The fourth-order valence-electron chi connectivity index (χ4n) is 4.22. The first-order valence-corrected chi connectivity index (χ1v) is 11.8. The highest BCUT2D eigenvalue weighted by Crippen LogP contribution is 2.34. The van der Waals surface area contributed by atoms with Crippen LogP contribution in [0.1, 0.15) is 42.9 Å². The van der Waals surface area contributed by atoms with E-state index < -0.39 is 27.3 Å². The predicted molar refractivity (Wildman–Crippen MR) is 116 cm³/mol. The van der Waals surface area contributed by atoms with Gasteiger partial charge in [-0.2, -0.15) is 17.5 Å². The normalized spacial score (nSPS) is 18.2. The number of H-pyrrole nitrogens is 1. The summed E-state index contributed by atoms with van der Waals surface area (Å²) in [5.41, 5.74) is -0.276. The largest absolute Gasteiger partial charge is 0.417 e. The van der Waals surface area contributed by atoms with Crippen molar-refractivity contribution in [3.05, 3.63) is 75.6 Å². The van der Waals surface area contributed by atoms with Crippen LogP contribution in [0.5, 0.6) is 0 Å². The van der Waals surface area contributed by atoms with Crippen molar-refractivity contribution >= 4 is 20.9 Å². The van der Waals surface area contributed by atoms with E-state index >= 15 is 0 Å². The van der Waals surface area contributed by atoms with Gasteiger partial charge in [0.25, 0.3) is 0 Å². The number of pyridine rings is 1.